The summed E-state index contributed by atoms with van der Waals surface area (Å²) >= 11 is 0. The Labute approximate surface area is 282 Å². The van der Waals surface area contributed by atoms with Crippen molar-refractivity contribution in [1.29, 1.82) is 0 Å². The predicted octanol–water partition coefficient (Wildman–Crippen LogP) is 3.57. The summed E-state index contributed by atoms with van der Waals surface area (Å²) in [6.45, 7) is 0.227. The smallest absolute Gasteiger partial charge is 0.326 e. The van der Waals surface area contributed by atoms with E-state index in [4.69, 9.17) is 28.4 Å². The Balaban J connectivity index is 1.89. The van der Waals surface area contributed by atoms with Gasteiger partial charge < -0.3 is 28.4 Å². The molecule has 3 aromatic carbocycles. The van der Waals surface area contributed by atoms with Crippen molar-refractivity contribution in [2.75, 3.05) is 62.7 Å². The molecule has 0 saturated carbocycles. The lowest BCUT2D eigenvalue weighted by atomic mass is 9.97. The minimum atomic E-state index is -1.00. The van der Waals surface area contributed by atoms with Crippen LogP contribution >= 0.6 is 0 Å². The first kappa shape index (κ1) is 36.7. The van der Waals surface area contributed by atoms with Crippen molar-refractivity contribution >= 4 is 17.9 Å². The van der Waals surface area contributed by atoms with E-state index >= 15 is 0 Å². The van der Waals surface area contributed by atoms with Crippen molar-refractivity contribution in [2.24, 2.45) is 0 Å². The molecule has 0 spiro atoms. The van der Waals surface area contributed by atoms with Gasteiger partial charge >= 0.3 is 17.9 Å². The Morgan fingerprint density at radius 3 is 0.854 bits per heavy atom. The van der Waals surface area contributed by atoms with Gasteiger partial charge in [-0.25, -0.2) is 0 Å². The van der Waals surface area contributed by atoms with Crippen molar-refractivity contribution in [3.05, 3.63) is 108 Å². The van der Waals surface area contributed by atoms with Crippen LogP contribution in [0.3, 0.4) is 0 Å². The highest BCUT2D eigenvalue weighted by atomic mass is 16.5. The number of ether oxygens (including phenoxy) is 6. The highest BCUT2D eigenvalue weighted by molar-refractivity contribution is 5.79. The van der Waals surface area contributed by atoms with Crippen molar-refractivity contribution in [2.45, 2.75) is 36.4 Å². The summed E-state index contributed by atoms with van der Waals surface area (Å²) in [6, 6.07) is 25.0. The lowest BCUT2D eigenvalue weighted by Crippen LogP contribution is -2.67. The van der Waals surface area contributed by atoms with Crippen LogP contribution in [0.2, 0.25) is 0 Å². The number of hydrogen-bond acceptors (Lipinski definition) is 12. The molecule has 0 radical (unpaired) electrons. The van der Waals surface area contributed by atoms with E-state index in [1.165, 1.54) is 42.7 Å². The molecule has 6 unspecified atom stereocenters. The van der Waals surface area contributed by atoms with Crippen LogP contribution in [0.15, 0.2) is 91.0 Å². The maximum atomic E-state index is 13.7. The van der Waals surface area contributed by atoms with Crippen LogP contribution < -0.4 is 0 Å². The zero-order chi connectivity index (χ0) is 34.6. The second-order valence-electron chi connectivity index (χ2n) is 11.3. The molecular formula is C36H45N3O9. The monoisotopic (exact) mass is 663 g/mol. The molecule has 6 atom stereocenters. The lowest BCUT2D eigenvalue weighted by molar-refractivity contribution is -0.184. The molecule has 1 aliphatic heterocycles. The van der Waals surface area contributed by atoms with Gasteiger partial charge in [-0.1, -0.05) is 91.0 Å². The molecule has 48 heavy (non-hydrogen) atoms. The van der Waals surface area contributed by atoms with E-state index in [-0.39, 0.29) is 20.0 Å². The van der Waals surface area contributed by atoms with Crippen LogP contribution in [0.25, 0.3) is 0 Å². The Kier molecular flexibility index (Phi) is 13.6. The number of methoxy groups -OCH3 is 6. The molecule has 1 saturated heterocycles. The zero-order valence-electron chi connectivity index (χ0n) is 28.3. The Hall–Kier alpha value is -4.17. The Morgan fingerprint density at radius 1 is 0.438 bits per heavy atom. The Morgan fingerprint density at radius 2 is 0.667 bits per heavy atom. The highest BCUT2D eigenvalue weighted by Gasteiger charge is 2.48. The van der Waals surface area contributed by atoms with E-state index in [1.54, 1.807) is 0 Å². The summed E-state index contributed by atoms with van der Waals surface area (Å²) < 4.78 is 33.9. The van der Waals surface area contributed by atoms with Gasteiger partial charge in [0.15, 0.2) is 0 Å². The fraction of sp³-hybridized carbons (Fsp3) is 0.417. The third kappa shape index (κ3) is 8.27. The third-order valence-corrected chi connectivity index (χ3v) is 8.60. The van der Waals surface area contributed by atoms with Gasteiger partial charge in [0.1, 0.15) is 36.4 Å². The summed E-state index contributed by atoms with van der Waals surface area (Å²) in [5.74, 6) is -1.68. The molecule has 4 rings (SSSR count). The van der Waals surface area contributed by atoms with Crippen LogP contribution in [0.1, 0.15) is 35.0 Å². The van der Waals surface area contributed by atoms with Gasteiger partial charge in [0.05, 0.1) is 41.3 Å². The Bertz CT molecular complexity index is 1270. The standard InChI is InChI=1S/C36H45N3O9/c1-43-31(25-16-10-7-11-17-25)28(34(40)46-4)37-22-38(29(35(41)47-5)32(44-2)26-18-12-8-13-19-26)24-39(23-37)30(36(42)48-6)33(45-3)27-20-14-9-15-21-27/h7-21,28-33H,22-24H2,1-6H3. The summed E-state index contributed by atoms with van der Waals surface area (Å²) in [7, 11) is 8.51. The van der Waals surface area contributed by atoms with Crippen molar-refractivity contribution in [3.8, 4) is 0 Å². The fourth-order valence-corrected chi connectivity index (χ4v) is 6.39. The summed E-state index contributed by atoms with van der Waals surface area (Å²) in [5.41, 5.74) is 2.23. The first-order valence-corrected chi connectivity index (χ1v) is 15.5. The van der Waals surface area contributed by atoms with Gasteiger partial charge in [-0.3, -0.25) is 29.1 Å². The van der Waals surface area contributed by atoms with E-state index in [0.29, 0.717) is 0 Å². The van der Waals surface area contributed by atoms with Gasteiger partial charge in [0.25, 0.3) is 0 Å². The summed E-state index contributed by atoms with van der Waals surface area (Å²) in [5, 5.41) is 0. The molecule has 0 aliphatic carbocycles. The molecule has 0 N–H and O–H groups in total. The quantitative estimate of drug-likeness (QED) is 0.175. The van der Waals surface area contributed by atoms with E-state index in [2.05, 4.69) is 0 Å². The average Bonchev–Trinajstić information content (AvgIpc) is 3.14. The topological polar surface area (TPSA) is 116 Å². The average molecular weight is 664 g/mol. The molecule has 0 bridgehead atoms. The number of carbonyl (C=O) groups excluding carboxylic acids is 3. The van der Waals surface area contributed by atoms with Gasteiger partial charge in [-0.2, -0.15) is 0 Å². The summed E-state index contributed by atoms with van der Waals surface area (Å²) in [4.78, 5) is 46.6. The van der Waals surface area contributed by atoms with E-state index in [0.717, 1.165) is 16.7 Å². The first-order chi connectivity index (χ1) is 23.3. The fourth-order valence-electron chi connectivity index (χ4n) is 6.39. The molecule has 12 heteroatoms. The number of esters is 3. The van der Waals surface area contributed by atoms with Crippen molar-refractivity contribution in [1.82, 2.24) is 14.7 Å². The third-order valence-electron chi connectivity index (χ3n) is 8.60. The minimum absolute atomic E-state index is 0.0757. The number of rotatable bonds is 15. The van der Waals surface area contributed by atoms with E-state index < -0.39 is 54.3 Å². The SMILES string of the molecule is COC(=O)C(C(OC)c1ccccc1)N1CN(C(C(=O)OC)C(OC)c2ccccc2)CN(C(C(=O)OC)C(OC)c2ccccc2)C1. The number of benzene rings is 3. The second-order valence-corrected chi connectivity index (χ2v) is 11.3. The second kappa shape index (κ2) is 17.8. The molecule has 258 valence electrons. The van der Waals surface area contributed by atoms with E-state index in [1.807, 2.05) is 106 Å². The van der Waals surface area contributed by atoms with Crippen LogP contribution in [0.5, 0.6) is 0 Å². The minimum Gasteiger partial charge on any atom is -0.468 e. The maximum absolute atomic E-state index is 13.7. The van der Waals surface area contributed by atoms with Crippen LogP contribution in [-0.4, -0.2) is 113 Å². The molecule has 1 fully saturated rings. The number of hydrogen-bond donors (Lipinski definition) is 0. The largest absolute Gasteiger partial charge is 0.468 e. The lowest BCUT2D eigenvalue weighted by Gasteiger charge is -2.50. The molecular weight excluding hydrogens is 618 g/mol. The van der Waals surface area contributed by atoms with Crippen molar-refractivity contribution in [3.63, 3.8) is 0 Å². The van der Waals surface area contributed by atoms with Gasteiger partial charge in [-0.15, -0.1) is 0 Å². The van der Waals surface area contributed by atoms with Gasteiger partial charge in [0, 0.05) is 21.3 Å². The molecule has 12 nitrogen and oxygen atoms in total. The van der Waals surface area contributed by atoms with Crippen LogP contribution in [0, 0.1) is 0 Å². The van der Waals surface area contributed by atoms with Crippen LogP contribution in [0.4, 0.5) is 0 Å². The van der Waals surface area contributed by atoms with Crippen molar-refractivity contribution < 1.29 is 42.8 Å². The first-order valence-electron chi connectivity index (χ1n) is 15.5. The van der Waals surface area contributed by atoms with Crippen LogP contribution in [-0.2, 0) is 42.8 Å². The van der Waals surface area contributed by atoms with Gasteiger partial charge in [-0.05, 0) is 16.7 Å². The number of nitrogens with zero attached hydrogens (tertiary/aromatic N) is 3. The molecule has 3 aromatic rings. The predicted molar refractivity (Wildman–Crippen MR) is 176 cm³/mol. The summed E-state index contributed by atoms with van der Waals surface area (Å²) in [6.07, 6.45) is -2.31. The maximum Gasteiger partial charge on any atom is 0.326 e. The zero-order valence-corrected chi connectivity index (χ0v) is 28.3. The molecule has 0 amide bonds. The molecule has 1 heterocycles. The van der Waals surface area contributed by atoms with E-state index in [9.17, 15) is 14.4 Å². The number of carbonyl (C=O) groups is 3. The molecule has 1 aliphatic rings. The normalized spacial score (nSPS) is 18.1. The molecule has 0 aromatic heterocycles. The highest BCUT2D eigenvalue weighted by Crippen LogP contribution is 2.34. The van der Waals surface area contributed by atoms with Gasteiger partial charge in [0.2, 0.25) is 0 Å².